The molecular weight excluding hydrogens is 355 g/mol. The average Bonchev–Trinajstić information content (AvgIpc) is 3.19. The molecule has 5 nitrogen and oxygen atoms in total. The maximum atomic E-state index is 12.2. The van der Waals surface area contributed by atoms with Crippen LogP contribution in [0.3, 0.4) is 0 Å². The lowest BCUT2D eigenvalue weighted by molar-refractivity contribution is 0.0888. The van der Waals surface area contributed by atoms with Crippen LogP contribution < -0.4 is 11.1 Å². The highest BCUT2D eigenvalue weighted by Gasteiger charge is 2.28. The first-order valence-electron chi connectivity index (χ1n) is 7.95. The van der Waals surface area contributed by atoms with Crippen molar-refractivity contribution in [3.8, 4) is 0 Å². The average molecular weight is 381 g/mol. The Morgan fingerprint density at radius 1 is 1.26 bits per heavy atom. The molecule has 1 aromatic heterocycles. The van der Waals surface area contributed by atoms with Crippen LogP contribution in [0.2, 0.25) is 0 Å². The van der Waals surface area contributed by atoms with E-state index in [0.29, 0.717) is 12.2 Å². The van der Waals surface area contributed by atoms with Crippen molar-refractivity contribution in [1.29, 1.82) is 0 Å². The van der Waals surface area contributed by atoms with Gasteiger partial charge in [0.2, 0.25) is 0 Å². The van der Waals surface area contributed by atoms with Gasteiger partial charge >= 0.3 is 0 Å². The molecule has 0 aromatic carbocycles. The van der Waals surface area contributed by atoms with Gasteiger partial charge in [0, 0.05) is 37.1 Å². The number of rotatable bonds is 4. The number of thiazole rings is 1. The number of carbonyl (C=O) groups excluding carboxylic acids is 1. The molecule has 0 spiro atoms. The second kappa shape index (κ2) is 9.79. The van der Waals surface area contributed by atoms with Crippen molar-refractivity contribution in [1.82, 2.24) is 15.2 Å². The number of amides is 1. The largest absolute Gasteiger partial charge is 0.348 e. The lowest BCUT2D eigenvalue weighted by Gasteiger charge is -2.36. The maximum Gasteiger partial charge on any atom is 0.270 e. The highest BCUT2D eigenvalue weighted by Crippen LogP contribution is 2.26. The summed E-state index contributed by atoms with van der Waals surface area (Å²) in [6.07, 6.45) is 7.59. The molecule has 0 radical (unpaired) electrons. The van der Waals surface area contributed by atoms with Gasteiger partial charge in [-0.25, -0.2) is 4.98 Å². The molecule has 0 bridgehead atoms. The molecule has 0 unspecified atom stereocenters. The monoisotopic (exact) mass is 380 g/mol. The molecule has 23 heavy (non-hydrogen) atoms. The first-order valence-corrected chi connectivity index (χ1v) is 8.83. The fourth-order valence-electron chi connectivity index (χ4n) is 3.45. The normalized spacial score (nSPS) is 19.9. The summed E-state index contributed by atoms with van der Waals surface area (Å²) < 4.78 is 0. The maximum absolute atomic E-state index is 12.2. The lowest BCUT2D eigenvalue weighted by Crippen LogP contribution is -2.47. The van der Waals surface area contributed by atoms with Gasteiger partial charge < -0.3 is 16.0 Å². The molecule has 0 atom stereocenters. The Bertz CT molecular complexity index is 486. The minimum Gasteiger partial charge on any atom is -0.348 e. The van der Waals surface area contributed by atoms with Crippen LogP contribution in [0.25, 0.3) is 0 Å². The number of hydrogen-bond donors (Lipinski definition) is 2. The smallest absolute Gasteiger partial charge is 0.270 e. The minimum atomic E-state index is -0.0507. The van der Waals surface area contributed by atoms with Gasteiger partial charge in [0.25, 0.3) is 5.91 Å². The van der Waals surface area contributed by atoms with Crippen LogP contribution in [0.1, 0.15) is 54.0 Å². The Labute approximate surface area is 154 Å². The van der Waals surface area contributed by atoms with Crippen LogP contribution >= 0.6 is 36.2 Å². The van der Waals surface area contributed by atoms with Crippen molar-refractivity contribution in [3.05, 3.63) is 16.1 Å². The summed E-state index contributed by atoms with van der Waals surface area (Å²) in [5.41, 5.74) is 6.05. The van der Waals surface area contributed by atoms with Gasteiger partial charge in [-0.05, 0) is 25.7 Å². The fraction of sp³-hybridized carbons (Fsp3) is 0.733. The number of nitrogens with zero attached hydrogens (tertiary/aromatic N) is 2. The second-order valence-electron chi connectivity index (χ2n) is 6.05. The van der Waals surface area contributed by atoms with E-state index in [9.17, 15) is 4.79 Å². The van der Waals surface area contributed by atoms with Crippen LogP contribution in [0.4, 0.5) is 0 Å². The summed E-state index contributed by atoms with van der Waals surface area (Å²) in [4.78, 5) is 19.0. The van der Waals surface area contributed by atoms with E-state index in [0.717, 1.165) is 37.0 Å². The molecule has 132 valence electrons. The Morgan fingerprint density at radius 3 is 2.48 bits per heavy atom. The zero-order valence-corrected chi connectivity index (χ0v) is 15.7. The summed E-state index contributed by atoms with van der Waals surface area (Å²) in [6, 6.07) is 1.09. The van der Waals surface area contributed by atoms with Gasteiger partial charge in [0.15, 0.2) is 0 Å². The van der Waals surface area contributed by atoms with E-state index < -0.39 is 0 Å². The van der Waals surface area contributed by atoms with Crippen LogP contribution in [0, 0.1) is 0 Å². The predicted octanol–water partition coefficient (Wildman–Crippen LogP) is 2.58. The molecule has 1 aliphatic heterocycles. The first-order chi connectivity index (χ1) is 10.3. The van der Waals surface area contributed by atoms with Gasteiger partial charge in [0.1, 0.15) is 10.7 Å². The summed E-state index contributed by atoms with van der Waals surface area (Å²) in [6.45, 7) is 2.62. The molecule has 1 saturated heterocycles. The van der Waals surface area contributed by atoms with E-state index in [1.54, 1.807) is 5.38 Å². The quantitative estimate of drug-likeness (QED) is 0.841. The SMILES string of the molecule is Cl.Cl.NCc1nc(C(=O)NC2CCN(C3CCCC3)CC2)cs1. The molecule has 1 aromatic rings. The van der Waals surface area contributed by atoms with Crippen molar-refractivity contribution in [2.75, 3.05) is 13.1 Å². The van der Waals surface area contributed by atoms with E-state index in [4.69, 9.17) is 5.73 Å². The highest BCUT2D eigenvalue weighted by molar-refractivity contribution is 7.09. The number of hydrogen-bond acceptors (Lipinski definition) is 5. The summed E-state index contributed by atoms with van der Waals surface area (Å²) >= 11 is 1.45. The first kappa shape index (κ1) is 20.6. The summed E-state index contributed by atoms with van der Waals surface area (Å²) in [5.74, 6) is -0.0507. The molecule has 8 heteroatoms. The highest BCUT2D eigenvalue weighted by atomic mass is 35.5. The number of carbonyl (C=O) groups is 1. The zero-order chi connectivity index (χ0) is 14.7. The van der Waals surface area contributed by atoms with Gasteiger partial charge in [-0.15, -0.1) is 36.2 Å². The van der Waals surface area contributed by atoms with Gasteiger partial charge in [0.05, 0.1) is 0 Å². The van der Waals surface area contributed by atoms with Crippen molar-refractivity contribution < 1.29 is 4.79 Å². The third kappa shape index (κ3) is 5.29. The molecule has 1 saturated carbocycles. The zero-order valence-electron chi connectivity index (χ0n) is 13.2. The molecule has 2 heterocycles. The number of nitrogens with two attached hydrogens (primary N) is 1. The summed E-state index contributed by atoms with van der Waals surface area (Å²) in [5, 5.41) is 5.73. The van der Waals surface area contributed by atoms with Gasteiger partial charge in [-0.3, -0.25) is 4.79 Å². The van der Waals surface area contributed by atoms with Crippen molar-refractivity contribution >= 4 is 42.1 Å². The molecule has 2 aliphatic rings. The Kier molecular flexibility index (Phi) is 8.79. The van der Waals surface area contributed by atoms with Crippen LogP contribution in [0.5, 0.6) is 0 Å². The van der Waals surface area contributed by atoms with Crippen molar-refractivity contribution in [3.63, 3.8) is 0 Å². The van der Waals surface area contributed by atoms with Crippen LogP contribution in [0.15, 0.2) is 5.38 Å². The topological polar surface area (TPSA) is 71.2 Å². The van der Waals surface area contributed by atoms with Crippen LogP contribution in [-0.2, 0) is 6.54 Å². The van der Waals surface area contributed by atoms with Gasteiger partial charge in [-0.1, -0.05) is 12.8 Å². The van der Waals surface area contributed by atoms with E-state index in [2.05, 4.69) is 15.2 Å². The number of aromatic nitrogens is 1. The molecule has 1 aliphatic carbocycles. The van der Waals surface area contributed by atoms with E-state index in [1.165, 1.54) is 37.0 Å². The third-order valence-electron chi connectivity index (χ3n) is 4.66. The standard InChI is InChI=1S/C15H24N4OS.2ClH/c16-9-14-18-13(10-21-14)15(20)17-11-5-7-19(8-6-11)12-3-1-2-4-12;;/h10-12H,1-9,16H2,(H,17,20);2*1H. The van der Waals surface area contributed by atoms with Crippen molar-refractivity contribution in [2.45, 2.75) is 57.2 Å². The third-order valence-corrected chi connectivity index (χ3v) is 5.54. The van der Waals surface area contributed by atoms with E-state index in [1.807, 2.05) is 0 Å². The number of likely N-dealkylation sites (tertiary alicyclic amines) is 1. The molecule has 3 N–H and O–H groups in total. The minimum absolute atomic E-state index is 0. The number of halogens is 2. The van der Waals surface area contributed by atoms with Crippen LogP contribution in [-0.4, -0.2) is 41.0 Å². The molecular formula is C15H26Cl2N4OS. The Hall–Kier alpha value is -0.400. The number of nitrogens with one attached hydrogen (secondary N) is 1. The predicted molar refractivity (Wildman–Crippen MR) is 98.8 cm³/mol. The van der Waals surface area contributed by atoms with E-state index in [-0.39, 0.29) is 36.8 Å². The molecule has 1 amide bonds. The summed E-state index contributed by atoms with van der Waals surface area (Å²) in [7, 11) is 0. The van der Waals surface area contributed by atoms with Gasteiger partial charge in [-0.2, -0.15) is 0 Å². The fourth-order valence-corrected chi connectivity index (χ4v) is 4.10. The lowest BCUT2D eigenvalue weighted by atomic mass is 10.0. The molecule has 3 rings (SSSR count). The Morgan fingerprint density at radius 2 is 1.91 bits per heavy atom. The molecule has 2 fully saturated rings. The number of piperidine rings is 1. The Balaban J connectivity index is 0.00000132. The van der Waals surface area contributed by atoms with E-state index >= 15 is 0 Å². The second-order valence-corrected chi connectivity index (χ2v) is 7.00. The van der Waals surface area contributed by atoms with Crippen molar-refractivity contribution in [2.24, 2.45) is 5.73 Å².